The lowest BCUT2D eigenvalue weighted by Gasteiger charge is -2.05. The molecule has 0 spiro atoms. The van der Waals surface area contributed by atoms with Crippen LogP contribution in [0.15, 0.2) is 76.5 Å². The number of ether oxygens (including phenoxy) is 1. The van der Waals surface area contributed by atoms with Crippen LogP contribution < -0.4 is 10.3 Å². The Morgan fingerprint density at radius 2 is 1.62 bits per heavy atom. The smallest absolute Gasteiger partial charge is 0.280 e. The summed E-state index contributed by atoms with van der Waals surface area (Å²) < 4.78 is 20.0. The monoisotopic (exact) mass is 469 g/mol. The molecule has 0 unspecified atom stereocenters. The van der Waals surface area contributed by atoms with Gasteiger partial charge in [0.1, 0.15) is 11.6 Å². The summed E-state index contributed by atoms with van der Waals surface area (Å²) in [6.45, 7) is 1.74. The third-order valence-corrected chi connectivity index (χ3v) is 5.30. The predicted octanol–water partition coefficient (Wildman–Crippen LogP) is 6.43. The molecule has 0 saturated carbocycles. The van der Waals surface area contributed by atoms with Gasteiger partial charge in [-0.15, -0.1) is 0 Å². The zero-order chi connectivity index (χ0) is 22.8. The highest BCUT2D eigenvalue weighted by Crippen LogP contribution is 2.28. The number of aliphatic imine (C=N–C) groups is 1. The number of rotatable bonds is 5. The Morgan fingerprint density at radius 1 is 1.00 bits per heavy atom. The van der Waals surface area contributed by atoms with Crippen molar-refractivity contribution in [3.05, 3.63) is 98.5 Å². The fraction of sp³-hybridized carbons (Fsp3) is 0.0833. The average molecular weight is 470 g/mol. The zero-order valence-electron chi connectivity index (χ0n) is 17.2. The van der Waals surface area contributed by atoms with E-state index in [4.69, 9.17) is 27.9 Å². The van der Waals surface area contributed by atoms with E-state index in [1.54, 1.807) is 44.4 Å². The molecule has 5 nitrogen and oxygen atoms in total. The minimum Gasteiger partial charge on any atom is -0.497 e. The average Bonchev–Trinajstić information content (AvgIpc) is 3.11. The number of hydrogen-bond donors (Lipinski definition) is 1. The van der Waals surface area contributed by atoms with Crippen LogP contribution in [-0.4, -0.2) is 22.6 Å². The van der Waals surface area contributed by atoms with Gasteiger partial charge >= 0.3 is 0 Å². The van der Waals surface area contributed by atoms with Gasteiger partial charge in [0.25, 0.3) is 5.56 Å². The first-order valence-electron chi connectivity index (χ1n) is 9.63. The van der Waals surface area contributed by atoms with Crippen molar-refractivity contribution in [1.29, 1.82) is 0 Å². The second kappa shape index (κ2) is 9.02. The van der Waals surface area contributed by atoms with Crippen molar-refractivity contribution < 1.29 is 9.13 Å². The van der Waals surface area contributed by atoms with Gasteiger partial charge in [-0.2, -0.15) is 0 Å². The van der Waals surface area contributed by atoms with Crippen LogP contribution in [0.25, 0.3) is 16.9 Å². The predicted molar refractivity (Wildman–Crippen MR) is 127 cm³/mol. The summed E-state index contributed by atoms with van der Waals surface area (Å²) in [6, 6.07) is 17.9. The summed E-state index contributed by atoms with van der Waals surface area (Å²) in [7, 11) is 1.58. The number of hydrogen-bond acceptors (Lipinski definition) is 3. The van der Waals surface area contributed by atoms with Gasteiger partial charge in [0.15, 0.2) is 0 Å². The van der Waals surface area contributed by atoms with E-state index in [1.807, 2.05) is 12.1 Å². The normalized spacial score (nSPS) is 11.6. The molecule has 0 radical (unpaired) electrons. The maximum Gasteiger partial charge on any atom is 0.280 e. The molecule has 0 aliphatic heterocycles. The number of halogens is 3. The van der Waals surface area contributed by atoms with Crippen molar-refractivity contribution >= 4 is 34.6 Å². The summed E-state index contributed by atoms with van der Waals surface area (Å²) in [4.78, 5) is 18.0. The van der Waals surface area contributed by atoms with Crippen LogP contribution in [0.1, 0.15) is 12.5 Å². The Bertz CT molecular complexity index is 1340. The molecular weight excluding hydrogens is 452 g/mol. The molecule has 0 atom stereocenters. The van der Waals surface area contributed by atoms with E-state index in [9.17, 15) is 9.18 Å². The van der Waals surface area contributed by atoms with E-state index in [-0.39, 0.29) is 11.4 Å². The second-order valence-corrected chi connectivity index (χ2v) is 7.91. The minimum absolute atomic E-state index is 0.322. The molecule has 0 aliphatic carbocycles. The van der Waals surface area contributed by atoms with Gasteiger partial charge in [0, 0.05) is 15.6 Å². The number of nitrogens with one attached hydrogen (secondary N) is 1. The summed E-state index contributed by atoms with van der Waals surface area (Å²) in [5.41, 5.74) is 2.86. The van der Waals surface area contributed by atoms with Gasteiger partial charge in [0.2, 0.25) is 0 Å². The lowest BCUT2D eigenvalue weighted by molar-refractivity contribution is 0.415. The molecule has 0 saturated heterocycles. The van der Waals surface area contributed by atoms with Gasteiger partial charge in [-0.3, -0.25) is 14.9 Å². The van der Waals surface area contributed by atoms with Crippen LogP contribution in [0.5, 0.6) is 5.75 Å². The highest BCUT2D eigenvalue weighted by atomic mass is 35.5. The maximum atomic E-state index is 13.4. The lowest BCUT2D eigenvalue weighted by Crippen LogP contribution is -2.19. The molecule has 0 amide bonds. The topological polar surface area (TPSA) is 59.4 Å². The molecule has 4 aromatic rings. The van der Waals surface area contributed by atoms with Crippen molar-refractivity contribution in [3.63, 3.8) is 0 Å². The first-order chi connectivity index (χ1) is 15.4. The molecule has 4 rings (SSSR count). The standard InChI is InChI=1S/C24H18Cl2FN3O2/c1-14(28-19-12-16(25)11-17(26)13-19)22-23(15-3-9-21(32-2)10-4-15)29-30(24(22)31)20-7-5-18(27)6-8-20/h3-13,29H,1-2H3. The number of H-pyrrole nitrogens is 1. The Labute approximate surface area is 193 Å². The Morgan fingerprint density at radius 3 is 2.22 bits per heavy atom. The van der Waals surface area contributed by atoms with Gasteiger partial charge in [-0.05, 0) is 73.7 Å². The molecule has 1 heterocycles. The van der Waals surface area contributed by atoms with E-state index < -0.39 is 0 Å². The maximum absolute atomic E-state index is 13.4. The summed E-state index contributed by atoms with van der Waals surface area (Å²) in [6.07, 6.45) is 0. The van der Waals surface area contributed by atoms with Crippen molar-refractivity contribution in [2.45, 2.75) is 6.92 Å². The van der Waals surface area contributed by atoms with Crippen molar-refractivity contribution in [2.24, 2.45) is 4.99 Å². The van der Waals surface area contributed by atoms with E-state index >= 15 is 0 Å². The Balaban J connectivity index is 1.91. The summed E-state index contributed by atoms with van der Waals surface area (Å²) in [5.74, 6) is 0.300. The van der Waals surface area contributed by atoms with Crippen LogP contribution in [0.4, 0.5) is 10.1 Å². The fourth-order valence-corrected chi connectivity index (χ4v) is 3.88. The van der Waals surface area contributed by atoms with Crippen molar-refractivity contribution in [2.75, 3.05) is 7.11 Å². The minimum atomic E-state index is -0.389. The van der Waals surface area contributed by atoms with Crippen LogP contribution in [0.2, 0.25) is 10.0 Å². The van der Waals surface area contributed by atoms with E-state index in [0.717, 1.165) is 5.56 Å². The van der Waals surface area contributed by atoms with Gasteiger partial charge in [-0.1, -0.05) is 23.2 Å². The highest BCUT2D eigenvalue weighted by Gasteiger charge is 2.19. The largest absolute Gasteiger partial charge is 0.497 e. The quantitative estimate of drug-likeness (QED) is 0.342. The highest BCUT2D eigenvalue weighted by molar-refractivity contribution is 6.35. The first-order valence-corrected chi connectivity index (χ1v) is 10.4. The van der Waals surface area contributed by atoms with Gasteiger partial charge < -0.3 is 4.74 Å². The molecule has 0 bridgehead atoms. The van der Waals surface area contributed by atoms with Crippen molar-refractivity contribution in [1.82, 2.24) is 9.78 Å². The molecule has 3 aromatic carbocycles. The third-order valence-electron chi connectivity index (χ3n) is 4.86. The van der Waals surface area contributed by atoms with Gasteiger partial charge in [0.05, 0.1) is 35.5 Å². The summed E-state index contributed by atoms with van der Waals surface area (Å²) >= 11 is 12.2. The molecule has 32 heavy (non-hydrogen) atoms. The molecule has 162 valence electrons. The van der Waals surface area contributed by atoms with Crippen LogP contribution in [-0.2, 0) is 0 Å². The van der Waals surface area contributed by atoms with Crippen molar-refractivity contribution in [3.8, 4) is 22.7 Å². The third kappa shape index (κ3) is 4.47. The lowest BCUT2D eigenvalue weighted by atomic mass is 10.0. The number of nitrogens with zero attached hydrogens (tertiary/aromatic N) is 2. The molecule has 1 aromatic heterocycles. The van der Waals surface area contributed by atoms with Crippen LogP contribution in [0, 0.1) is 5.82 Å². The van der Waals surface area contributed by atoms with E-state index in [0.29, 0.717) is 44.1 Å². The van der Waals surface area contributed by atoms with E-state index in [1.165, 1.54) is 28.9 Å². The molecule has 0 aliphatic rings. The van der Waals surface area contributed by atoms with Gasteiger partial charge in [-0.25, -0.2) is 9.07 Å². The van der Waals surface area contributed by atoms with Crippen LogP contribution in [0.3, 0.4) is 0 Å². The number of methoxy groups -OCH3 is 1. The SMILES string of the molecule is COc1ccc(-c2[nH]n(-c3ccc(F)cc3)c(=O)c2C(C)=Nc2cc(Cl)cc(Cl)c2)cc1. The van der Waals surface area contributed by atoms with E-state index in [2.05, 4.69) is 10.1 Å². The molecule has 1 N–H and O–H groups in total. The second-order valence-electron chi connectivity index (χ2n) is 7.03. The number of aromatic amines is 1. The molecular formula is C24H18Cl2FN3O2. The summed E-state index contributed by atoms with van der Waals surface area (Å²) in [5, 5.41) is 4.02. The number of aromatic nitrogens is 2. The molecule has 8 heteroatoms. The fourth-order valence-electron chi connectivity index (χ4n) is 3.36. The number of benzene rings is 3. The Hall–Kier alpha value is -3.35. The zero-order valence-corrected chi connectivity index (χ0v) is 18.7. The van der Waals surface area contributed by atoms with Crippen LogP contribution >= 0.6 is 23.2 Å². The Kier molecular flexibility index (Phi) is 6.17. The molecule has 0 fully saturated rings. The first kappa shape index (κ1) is 21.9.